The van der Waals surface area contributed by atoms with E-state index in [9.17, 15) is 4.79 Å². The second-order valence-electron chi connectivity index (χ2n) is 8.27. The van der Waals surface area contributed by atoms with Crippen molar-refractivity contribution in [1.29, 1.82) is 0 Å². The number of hydrogen-bond acceptors (Lipinski definition) is 4. The number of aromatic nitrogens is 3. The third kappa shape index (κ3) is 5.72. The van der Waals surface area contributed by atoms with Crippen LogP contribution in [0.1, 0.15) is 32.3 Å². The zero-order valence-corrected chi connectivity index (χ0v) is 20.8. The molecule has 6 nitrogen and oxygen atoms in total. The molecule has 170 valence electrons. The van der Waals surface area contributed by atoms with Gasteiger partial charge in [0.05, 0.1) is 16.4 Å². The van der Waals surface area contributed by atoms with Crippen LogP contribution in [0.5, 0.6) is 0 Å². The number of carbonyl (C=O) groups excluding carboxylic acids is 1. The predicted octanol–water partition coefficient (Wildman–Crippen LogP) is 6.80. The van der Waals surface area contributed by atoms with Gasteiger partial charge in [-0.25, -0.2) is 4.98 Å². The molecular formula is C25H25BrClN5O. The average Bonchev–Trinajstić information content (AvgIpc) is 3.17. The molecule has 8 heteroatoms. The minimum atomic E-state index is 0.0374. The van der Waals surface area contributed by atoms with E-state index in [0.29, 0.717) is 29.6 Å². The molecule has 0 unspecified atom stereocenters. The lowest BCUT2D eigenvalue weighted by atomic mass is 10.1. The van der Waals surface area contributed by atoms with Crippen LogP contribution < -0.4 is 10.6 Å². The highest BCUT2D eigenvalue weighted by Gasteiger charge is 2.13. The van der Waals surface area contributed by atoms with Crippen LogP contribution in [0.4, 0.5) is 11.5 Å². The highest BCUT2D eigenvalue weighted by Crippen LogP contribution is 2.30. The molecule has 0 saturated carbocycles. The maximum Gasteiger partial charge on any atom is 0.224 e. The molecule has 33 heavy (non-hydrogen) atoms. The van der Waals surface area contributed by atoms with Gasteiger partial charge in [-0.2, -0.15) is 9.61 Å². The van der Waals surface area contributed by atoms with Crippen LogP contribution in [0.3, 0.4) is 0 Å². The molecule has 0 atom stereocenters. The van der Waals surface area contributed by atoms with Crippen LogP contribution in [0.15, 0.2) is 65.3 Å². The summed E-state index contributed by atoms with van der Waals surface area (Å²) >= 11 is 9.95. The fourth-order valence-electron chi connectivity index (χ4n) is 3.46. The van der Waals surface area contributed by atoms with Gasteiger partial charge in [0.25, 0.3) is 0 Å². The van der Waals surface area contributed by atoms with Gasteiger partial charge in [0.1, 0.15) is 5.82 Å². The van der Waals surface area contributed by atoms with E-state index in [1.165, 1.54) is 0 Å². The van der Waals surface area contributed by atoms with E-state index in [1.807, 2.05) is 54.6 Å². The van der Waals surface area contributed by atoms with Gasteiger partial charge in [0, 0.05) is 35.3 Å². The van der Waals surface area contributed by atoms with E-state index < -0.39 is 0 Å². The fourth-order valence-corrected chi connectivity index (χ4v) is 4.04. The first-order chi connectivity index (χ1) is 15.9. The number of anilines is 2. The molecule has 2 aromatic carbocycles. The van der Waals surface area contributed by atoms with E-state index in [-0.39, 0.29) is 5.91 Å². The number of amides is 1. The van der Waals surface area contributed by atoms with Crippen molar-refractivity contribution in [2.24, 2.45) is 5.92 Å². The molecule has 0 spiro atoms. The molecule has 0 aliphatic rings. The third-order valence-corrected chi connectivity index (χ3v) is 6.10. The van der Waals surface area contributed by atoms with Crippen LogP contribution in [0.2, 0.25) is 5.02 Å². The Morgan fingerprint density at radius 3 is 2.76 bits per heavy atom. The molecule has 0 fully saturated rings. The van der Waals surface area contributed by atoms with Gasteiger partial charge >= 0.3 is 0 Å². The number of hydrogen-bond donors (Lipinski definition) is 2. The summed E-state index contributed by atoms with van der Waals surface area (Å²) in [6.45, 7) is 4.78. The fraction of sp³-hybridized carbons (Fsp3) is 0.240. The summed E-state index contributed by atoms with van der Waals surface area (Å²) < 4.78 is 2.55. The SMILES string of the molecule is CC(C)CCC(=O)Nc1cccc(CNc2cc(-c3ccccc3Cl)nc3c(Br)cnn23)c1. The normalized spacial score (nSPS) is 11.2. The zero-order valence-electron chi connectivity index (χ0n) is 18.5. The first-order valence-corrected chi connectivity index (χ1v) is 12.0. The summed E-state index contributed by atoms with van der Waals surface area (Å²) in [5.41, 5.74) is 4.13. The first-order valence-electron chi connectivity index (χ1n) is 10.8. The Labute approximate surface area is 206 Å². The molecule has 2 N–H and O–H groups in total. The van der Waals surface area contributed by atoms with Gasteiger partial charge in [-0.3, -0.25) is 4.79 Å². The Bertz CT molecular complexity index is 1290. The number of nitrogens with zero attached hydrogens (tertiary/aromatic N) is 3. The number of fused-ring (bicyclic) bond motifs is 1. The topological polar surface area (TPSA) is 71.3 Å². The molecule has 2 aromatic heterocycles. The van der Waals surface area contributed by atoms with E-state index in [0.717, 1.165) is 39.2 Å². The molecule has 2 heterocycles. The smallest absolute Gasteiger partial charge is 0.224 e. The molecule has 0 bridgehead atoms. The second kappa shape index (κ2) is 10.4. The van der Waals surface area contributed by atoms with Gasteiger partial charge in [0.15, 0.2) is 5.65 Å². The third-order valence-electron chi connectivity index (χ3n) is 5.21. The minimum Gasteiger partial charge on any atom is -0.366 e. The van der Waals surface area contributed by atoms with Crippen molar-refractivity contribution in [3.8, 4) is 11.3 Å². The van der Waals surface area contributed by atoms with Gasteiger partial charge < -0.3 is 10.6 Å². The van der Waals surface area contributed by atoms with Crippen LogP contribution >= 0.6 is 27.5 Å². The van der Waals surface area contributed by atoms with Gasteiger partial charge in [-0.1, -0.05) is 55.8 Å². The maximum atomic E-state index is 12.2. The Hall–Kier alpha value is -2.90. The molecule has 0 radical (unpaired) electrons. The van der Waals surface area contributed by atoms with Crippen molar-refractivity contribution < 1.29 is 4.79 Å². The van der Waals surface area contributed by atoms with Crippen molar-refractivity contribution >= 4 is 50.6 Å². The number of benzene rings is 2. The average molecular weight is 527 g/mol. The molecule has 0 aliphatic heterocycles. The Morgan fingerprint density at radius 2 is 1.97 bits per heavy atom. The largest absolute Gasteiger partial charge is 0.366 e. The van der Waals surface area contributed by atoms with Crippen molar-refractivity contribution in [3.63, 3.8) is 0 Å². The number of nitrogens with one attached hydrogen (secondary N) is 2. The monoisotopic (exact) mass is 525 g/mol. The van der Waals surface area contributed by atoms with Crippen molar-refractivity contribution in [3.05, 3.63) is 75.9 Å². The lowest BCUT2D eigenvalue weighted by molar-refractivity contribution is -0.116. The van der Waals surface area contributed by atoms with Gasteiger partial charge in [0.2, 0.25) is 5.91 Å². The molecule has 4 aromatic rings. The highest BCUT2D eigenvalue weighted by molar-refractivity contribution is 9.10. The van der Waals surface area contributed by atoms with E-state index in [4.69, 9.17) is 16.6 Å². The summed E-state index contributed by atoms with van der Waals surface area (Å²) in [7, 11) is 0. The van der Waals surface area contributed by atoms with Crippen molar-refractivity contribution in [2.45, 2.75) is 33.2 Å². The molecular weight excluding hydrogens is 502 g/mol. The molecule has 4 rings (SSSR count). The summed E-state index contributed by atoms with van der Waals surface area (Å²) in [6, 6.07) is 17.4. The van der Waals surface area contributed by atoms with Crippen LogP contribution in [0, 0.1) is 5.92 Å². The number of halogens is 2. The Morgan fingerprint density at radius 1 is 1.15 bits per heavy atom. The summed E-state index contributed by atoms with van der Waals surface area (Å²) in [5, 5.41) is 11.5. The Kier molecular flexibility index (Phi) is 7.30. The van der Waals surface area contributed by atoms with E-state index >= 15 is 0 Å². The molecule has 0 saturated heterocycles. The summed E-state index contributed by atoms with van der Waals surface area (Å²) in [6.07, 6.45) is 3.11. The Balaban J connectivity index is 1.55. The maximum absolute atomic E-state index is 12.2. The highest BCUT2D eigenvalue weighted by atomic mass is 79.9. The zero-order chi connectivity index (χ0) is 23.4. The molecule has 1 amide bonds. The second-order valence-corrected chi connectivity index (χ2v) is 9.53. The molecule has 0 aliphatic carbocycles. The lowest BCUT2D eigenvalue weighted by Gasteiger charge is -2.13. The van der Waals surface area contributed by atoms with E-state index in [1.54, 1.807) is 10.7 Å². The first kappa shape index (κ1) is 23.3. The lowest BCUT2D eigenvalue weighted by Crippen LogP contribution is -2.12. The number of carbonyl (C=O) groups is 1. The van der Waals surface area contributed by atoms with Gasteiger partial charge in [-0.15, -0.1) is 0 Å². The van der Waals surface area contributed by atoms with Crippen molar-refractivity contribution in [2.75, 3.05) is 10.6 Å². The van der Waals surface area contributed by atoms with E-state index in [2.05, 4.69) is 45.5 Å². The van der Waals surface area contributed by atoms with Crippen LogP contribution in [-0.4, -0.2) is 20.5 Å². The van der Waals surface area contributed by atoms with Crippen molar-refractivity contribution in [1.82, 2.24) is 14.6 Å². The summed E-state index contributed by atoms with van der Waals surface area (Å²) in [5.74, 6) is 1.32. The van der Waals surface area contributed by atoms with Crippen LogP contribution in [-0.2, 0) is 11.3 Å². The summed E-state index contributed by atoms with van der Waals surface area (Å²) in [4.78, 5) is 16.9. The van der Waals surface area contributed by atoms with Gasteiger partial charge in [-0.05, 0) is 52.0 Å². The quantitative estimate of drug-likeness (QED) is 0.265. The van der Waals surface area contributed by atoms with Crippen LogP contribution in [0.25, 0.3) is 16.9 Å². The standard InChI is InChI=1S/C25H25BrClN5O/c1-16(2)10-11-24(33)30-18-7-5-6-17(12-18)14-28-23-13-22(19-8-3-4-9-21(19)27)31-25-20(26)15-29-32(23)25/h3-9,12-13,15-16,28H,10-11,14H2,1-2H3,(H,30,33). The minimum absolute atomic E-state index is 0.0374. The predicted molar refractivity (Wildman–Crippen MR) is 138 cm³/mol. The number of rotatable bonds is 8.